The van der Waals surface area contributed by atoms with Crippen LogP contribution in [0, 0.1) is 6.92 Å². The summed E-state index contributed by atoms with van der Waals surface area (Å²) in [5, 5.41) is 9.38. The van der Waals surface area contributed by atoms with Gasteiger partial charge in [-0.15, -0.1) is 0 Å². The number of rotatable bonds is 8. The maximum absolute atomic E-state index is 13.8. The average molecular weight is 573 g/mol. The second-order valence-corrected chi connectivity index (χ2v) is 10.4. The number of benzene rings is 2. The largest absolute Gasteiger partial charge is 0.494 e. The number of hydrogen-bond acceptors (Lipinski definition) is 8. The summed E-state index contributed by atoms with van der Waals surface area (Å²) in [5.41, 5.74) is 2.81. The lowest BCUT2D eigenvalue weighted by Gasteiger charge is -2.24. The second-order valence-electron chi connectivity index (χ2n) is 9.34. The van der Waals surface area contributed by atoms with Gasteiger partial charge in [-0.2, -0.15) is 0 Å². The highest BCUT2D eigenvalue weighted by Gasteiger charge is 2.33. The molecule has 1 aliphatic rings. The third-order valence-corrected chi connectivity index (χ3v) is 7.66. The van der Waals surface area contributed by atoms with E-state index in [9.17, 15) is 19.5 Å². The number of fused-ring (bicyclic) bond motifs is 1. The van der Waals surface area contributed by atoms with Crippen molar-refractivity contribution in [2.75, 3.05) is 13.2 Å². The Morgan fingerprint density at radius 3 is 2.51 bits per heavy atom. The molecule has 3 heterocycles. The number of carboxylic acids is 1. The van der Waals surface area contributed by atoms with Crippen molar-refractivity contribution < 1.29 is 28.6 Å². The first kappa shape index (κ1) is 27.9. The molecular weight excluding hydrogens is 544 g/mol. The van der Waals surface area contributed by atoms with E-state index < -0.39 is 18.0 Å². The van der Waals surface area contributed by atoms with Crippen molar-refractivity contribution in [2.45, 2.75) is 33.7 Å². The molecule has 1 aliphatic heterocycles. The van der Waals surface area contributed by atoms with E-state index in [0.29, 0.717) is 55.6 Å². The summed E-state index contributed by atoms with van der Waals surface area (Å²) in [7, 11) is 0. The Labute approximate surface area is 239 Å². The standard InChI is InChI=1S/C31H28N2O7S/c1-5-38-21-11-9-19(10-12-21)27-26(30(37)39-6-2)18(4)32-31-33(27)28(34)25(41-31)16-22-13-14-24(40-22)23-15-20(29(35)36)8-7-17(23)3/h7-16,27H,5-6H2,1-4H3,(H,35,36)/b25-16+/t27-/m1/s1. The van der Waals surface area contributed by atoms with Crippen LogP contribution in [0.4, 0.5) is 0 Å². The van der Waals surface area contributed by atoms with Crippen LogP contribution in [0.2, 0.25) is 0 Å². The second kappa shape index (κ2) is 11.4. The minimum atomic E-state index is -1.03. The number of carbonyl (C=O) groups is 2. The Balaban J connectivity index is 1.61. The van der Waals surface area contributed by atoms with Gasteiger partial charge in [0.15, 0.2) is 4.80 Å². The highest BCUT2D eigenvalue weighted by Crippen LogP contribution is 2.32. The van der Waals surface area contributed by atoms with E-state index in [1.807, 2.05) is 26.0 Å². The van der Waals surface area contributed by atoms with Gasteiger partial charge in [0.25, 0.3) is 5.56 Å². The molecule has 41 heavy (non-hydrogen) atoms. The van der Waals surface area contributed by atoms with Crippen LogP contribution in [-0.2, 0) is 9.53 Å². The van der Waals surface area contributed by atoms with E-state index in [2.05, 4.69) is 4.99 Å². The first-order valence-electron chi connectivity index (χ1n) is 13.1. The molecule has 2 aromatic carbocycles. The molecule has 0 amide bonds. The van der Waals surface area contributed by atoms with Crippen molar-refractivity contribution in [1.29, 1.82) is 0 Å². The lowest BCUT2D eigenvalue weighted by atomic mass is 9.96. The number of thiazole rings is 1. The molecule has 0 spiro atoms. The van der Waals surface area contributed by atoms with Gasteiger partial charge < -0.3 is 19.0 Å². The first-order chi connectivity index (χ1) is 19.7. The number of esters is 1. The number of carbonyl (C=O) groups excluding carboxylic acids is 1. The molecule has 5 rings (SSSR count). The first-order valence-corrected chi connectivity index (χ1v) is 13.9. The molecule has 0 unspecified atom stereocenters. The number of nitrogens with zero attached hydrogens (tertiary/aromatic N) is 2. The van der Waals surface area contributed by atoms with Crippen LogP contribution in [0.1, 0.15) is 54.1 Å². The molecule has 0 bridgehead atoms. The molecular formula is C31H28N2O7S. The zero-order valence-electron chi connectivity index (χ0n) is 23.0. The lowest BCUT2D eigenvalue weighted by molar-refractivity contribution is -0.139. The maximum Gasteiger partial charge on any atom is 0.338 e. The molecule has 1 N–H and O–H groups in total. The van der Waals surface area contributed by atoms with Crippen molar-refractivity contribution in [2.24, 2.45) is 4.99 Å². The molecule has 9 nitrogen and oxygen atoms in total. The molecule has 10 heteroatoms. The summed E-state index contributed by atoms with van der Waals surface area (Å²) < 4.78 is 18.8. The number of furan rings is 1. The average Bonchev–Trinajstić information content (AvgIpc) is 3.53. The number of hydrogen-bond donors (Lipinski definition) is 1. The summed E-state index contributed by atoms with van der Waals surface area (Å²) in [6, 6.07) is 14.8. The monoisotopic (exact) mass is 572 g/mol. The number of ether oxygens (including phenoxy) is 2. The van der Waals surface area contributed by atoms with E-state index in [1.54, 1.807) is 62.4 Å². The van der Waals surface area contributed by atoms with E-state index >= 15 is 0 Å². The smallest absolute Gasteiger partial charge is 0.338 e. The summed E-state index contributed by atoms with van der Waals surface area (Å²) in [6.45, 7) is 7.93. The van der Waals surface area contributed by atoms with Crippen LogP contribution in [0.5, 0.6) is 5.75 Å². The van der Waals surface area contributed by atoms with Crippen LogP contribution in [0.25, 0.3) is 17.4 Å². The number of aromatic nitrogens is 1. The quantitative estimate of drug-likeness (QED) is 0.310. The van der Waals surface area contributed by atoms with Crippen molar-refractivity contribution >= 4 is 29.4 Å². The van der Waals surface area contributed by atoms with Crippen molar-refractivity contribution in [3.8, 4) is 17.1 Å². The van der Waals surface area contributed by atoms with Gasteiger partial charge in [0.2, 0.25) is 0 Å². The number of aryl methyl sites for hydroxylation is 1. The Hall–Kier alpha value is -4.70. The summed E-state index contributed by atoms with van der Waals surface area (Å²) in [5.74, 6) is 0.0247. The third kappa shape index (κ3) is 5.38. The SMILES string of the molecule is CCOC(=O)C1=C(C)N=c2s/c(=C/c3ccc(-c4cc(C(=O)O)ccc4C)o3)c(=O)n2[C@@H]1c1ccc(OCC)cc1. The molecule has 210 valence electrons. The Morgan fingerprint density at radius 2 is 1.83 bits per heavy atom. The molecule has 2 aromatic heterocycles. The third-order valence-electron chi connectivity index (χ3n) is 6.67. The molecule has 0 saturated heterocycles. The van der Waals surface area contributed by atoms with Gasteiger partial charge in [0.05, 0.1) is 40.6 Å². The highest BCUT2D eigenvalue weighted by atomic mass is 32.1. The number of allylic oxidation sites excluding steroid dienone is 1. The van der Waals surface area contributed by atoms with Crippen LogP contribution in [0.3, 0.4) is 0 Å². The number of aromatic carboxylic acids is 1. The van der Waals surface area contributed by atoms with Crippen molar-refractivity contribution in [3.63, 3.8) is 0 Å². The van der Waals surface area contributed by atoms with E-state index in [0.717, 1.165) is 5.56 Å². The van der Waals surface area contributed by atoms with Crippen molar-refractivity contribution in [3.05, 3.63) is 108 Å². The summed E-state index contributed by atoms with van der Waals surface area (Å²) in [4.78, 5) is 43.4. The predicted octanol–water partition coefficient (Wildman–Crippen LogP) is 4.46. The molecule has 0 radical (unpaired) electrons. The van der Waals surface area contributed by atoms with Crippen LogP contribution in [-0.4, -0.2) is 34.8 Å². The Kier molecular flexibility index (Phi) is 7.76. The lowest BCUT2D eigenvalue weighted by Crippen LogP contribution is -2.39. The maximum atomic E-state index is 13.8. The molecule has 0 fully saturated rings. The number of carboxylic acid groups (broad SMARTS) is 1. The van der Waals surface area contributed by atoms with Crippen LogP contribution >= 0.6 is 11.3 Å². The Morgan fingerprint density at radius 1 is 1.07 bits per heavy atom. The Bertz CT molecular complexity index is 1860. The molecule has 0 aliphatic carbocycles. The van der Waals surface area contributed by atoms with Crippen molar-refractivity contribution in [1.82, 2.24) is 4.57 Å². The molecule has 1 atom stereocenters. The molecule has 4 aromatic rings. The van der Waals surface area contributed by atoms with Gasteiger partial charge in [-0.1, -0.05) is 29.5 Å². The van der Waals surface area contributed by atoms with Gasteiger partial charge >= 0.3 is 11.9 Å². The van der Waals surface area contributed by atoms with Gasteiger partial charge in [-0.3, -0.25) is 9.36 Å². The minimum Gasteiger partial charge on any atom is -0.494 e. The summed E-state index contributed by atoms with van der Waals surface area (Å²) in [6.07, 6.45) is 1.63. The fourth-order valence-corrected chi connectivity index (χ4v) is 5.77. The minimum absolute atomic E-state index is 0.152. The van der Waals surface area contributed by atoms with E-state index in [-0.39, 0.29) is 17.7 Å². The highest BCUT2D eigenvalue weighted by molar-refractivity contribution is 7.07. The van der Waals surface area contributed by atoms with Gasteiger partial charge in [0, 0.05) is 11.6 Å². The zero-order valence-corrected chi connectivity index (χ0v) is 23.8. The van der Waals surface area contributed by atoms with Gasteiger partial charge in [0.1, 0.15) is 17.3 Å². The zero-order chi connectivity index (χ0) is 29.3. The predicted molar refractivity (Wildman–Crippen MR) is 154 cm³/mol. The van der Waals surface area contributed by atoms with Crippen LogP contribution < -0.4 is 19.6 Å². The van der Waals surface area contributed by atoms with Crippen LogP contribution in [0.15, 0.2) is 80.1 Å². The summed E-state index contributed by atoms with van der Waals surface area (Å²) >= 11 is 1.19. The molecule has 0 saturated carbocycles. The van der Waals surface area contributed by atoms with Gasteiger partial charge in [-0.05, 0) is 75.2 Å². The normalized spacial score (nSPS) is 14.9. The topological polar surface area (TPSA) is 120 Å². The fourth-order valence-electron chi connectivity index (χ4n) is 4.74. The van der Waals surface area contributed by atoms with Gasteiger partial charge in [-0.25, -0.2) is 14.6 Å². The van der Waals surface area contributed by atoms with E-state index in [4.69, 9.17) is 13.9 Å². The van der Waals surface area contributed by atoms with E-state index in [1.165, 1.54) is 15.9 Å². The fraction of sp³-hybridized carbons (Fsp3) is 0.226.